The lowest BCUT2D eigenvalue weighted by atomic mass is 9.81. The van der Waals surface area contributed by atoms with Crippen LogP contribution >= 0.6 is 0 Å². The van der Waals surface area contributed by atoms with Crippen LogP contribution in [-0.2, 0) is 5.41 Å². The Balaban J connectivity index is 2.86. The summed E-state index contributed by atoms with van der Waals surface area (Å²) in [5.41, 5.74) is 8.12. The fourth-order valence-corrected chi connectivity index (χ4v) is 1.43. The predicted molar refractivity (Wildman–Crippen MR) is 65.3 cm³/mol. The molecule has 1 aromatic carbocycles. The van der Waals surface area contributed by atoms with Gasteiger partial charge in [-0.1, -0.05) is 44.2 Å². The average molecular weight is 219 g/mol. The smallest absolute Gasteiger partial charge is 0.332 e. The minimum Gasteiger partial charge on any atom is -0.350 e. The summed E-state index contributed by atoms with van der Waals surface area (Å²) in [6, 6.07) is 9.37. The SMILES string of the molecule is CC[C@](C)(/C=N\NC(N)=O)c1ccccc1. The molecule has 0 saturated heterocycles. The summed E-state index contributed by atoms with van der Waals surface area (Å²) in [5, 5.41) is 3.84. The zero-order valence-corrected chi connectivity index (χ0v) is 9.60. The molecule has 0 aliphatic rings. The van der Waals surface area contributed by atoms with E-state index >= 15 is 0 Å². The van der Waals surface area contributed by atoms with Gasteiger partial charge in [-0.3, -0.25) is 0 Å². The molecule has 0 aromatic heterocycles. The highest BCUT2D eigenvalue weighted by molar-refractivity contribution is 5.76. The Morgan fingerprint density at radius 1 is 1.50 bits per heavy atom. The number of urea groups is 1. The van der Waals surface area contributed by atoms with Gasteiger partial charge in [0, 0.05) is 11.6 Å². The average Bonchev–Trinajstić information content (AvgIpc) is 2.29. The van der Waals surface area contributed by atoms with Crippen molar-refractivity contribution in [3.8, 4) is 0 Å². The first-order valence-corrected chi connectivity index (χ1v) is 5.23. The van der Waals surface area contributed by atoms with Crippen LogP contribution in [-0.4, -0.2) is 12.2 Å². The quantitative estimate of drug-likeness (QED) is 0.590. The second-order valence-corrected chi connectivity index (χ2v) is 3.87. The van der Waals surface area contributed by atoms with E-state index in [-0.39, 0.29) is 5.41 Å². The maximum Gasteiger partial charge on any atom is 0.332 e. The molecule has 4 heteroatoms. The maximum atomic E-state index is 10.5. The first-order valence-electron chi connectivity index (χ1n) is 5.23. The Bertz CT molecular complexity index is 375. The van der Waals surface area contributed by atoms with Gasteiger partial charge in [0.2, 0.25) is 0 Å². The predicted octanol–water partition coefficient (Wildman–Crippen LogP) is 2.01. The highest BCUT2D eigenvalue weighted by atomic mass is 16.2. The molecular weight excluding hydrogens is 202 g/mol. The van der Waals surface area contributed by atoms with Crippen LogP contribution in [0.2, 0.25) is 0 Å². The molecule has 4 nitrogen and oxygen atoms in total. The van der Waals surface area contributed by atoms with Gasteiger partial charge in [-0.15, -0.1) is 0 Å². The molecule has 0 unspecified atom stereocenters. The molecule has 0 heterocycles. The van der Waals surface area contributed by atoms with Gasteiger partial charge >= 0.3 is 6.03 Å². The topological polar surface area (TPSA) is 67.5 Å². The number of nitrogens with two attached hydrogens (primary N) is 1. The number of hydrazone groups is 1. The summed E-state index contributed by atoms with van der Waals surface area (Å²) in [6.07, 6.45) is 2.61. The number of rotatable bonds is 4. The van der Waals surface area contributed by atoms with Crippen molar-refractivity contribution in [2.75, 3.05) is 0 Å². The highest BCUT2D eigenvalue weighted by Gasteiger charge is 2.21. The Morgan fingerprint density at radius 2 is 2.12 bits per heavy atom. The van der Waals surface area contributed by atoms with E-state index in [1.165, 1.54) is 0 Å². The number of benzene rings is 1. The third kappa shape index (κ3) is 3.08. The van der Waals surface area contributed by atoms with Crippen LogP contribution in [0.5, 0.6) is 0 Å². The third-order valence-corrected chi connectivity index (χ3v) is 2.69. The minimum absolute atomic E-state index is 0.191. The Hall–Kier alpha value is -1.84. The normalized spacial score (nSPS) is 14.6. The van der Waals surface area contributed by atoms with Gasteiger partial charge in [-0.25, -0.2) is 10.2 Å². The summed E-state index contributed by atoms with van der Waals surface area (Å²) in [4.78, 5) is 10.5. The summed E-state index contributed by atoms with van der Waals surface area (Å²) in [6.45, 7) is 4.14. The third-order valence-electron chi connectivity index (χ3n) is 2.69. The molecule has 0 radical (unpaired) electrons. The maximum absolute atomic E-state index is 10.5. The van der Waals surface area contributed by atoms with Crippen molar-refractivity contribution in [2.24, 2.45) is 10.8 Å². The van der Waals surface area contributed by atoms with Crippen LogP contribution in [0.4, 0.5) is 4.79 Å². The van der Waals surface area contributed by atoms with E-state index in [1.54, 1.807) is 6.21 Å². The van der Waals surface area contributed by atoms with Crippen molar-refractivity contribution < 1.29 is 4.79 Å². The van der Waals surface area contributed by atoms with Crippen LogP contribution in [0, 0.1) is 0 Å². The van der Waals surface area contributed by atoms with Crippen LogP contribution in [0.1, 0.15) is 25.8 Å². The number of carbonyl (C=O) groups is 1. The zero-order valence-electron chi connectivity index (χ0n) is 9.60. The largest absolute Gasteiger partial charge is 0.350 e. The summed E-state index contributed by atoms with van der Waals surface area (Å²) in [7, 11) is 0. The van der Waals surface area contributed by atoms with Crippen molar-refractivity contribution in [1.82, 2.24) is 5.43 Å². The van der Waals surface area contributed by atoms with Crippen molar-refractivity contribution in [2.45, 2.75) is 25.7 Å². The van der Waals surface area contributed by atoms with Crippen molar-refractivity contribution >= 4 is 12.2 Å². The highest BCUT2D eigenvalue weighted by Crippen LogP contribution is 2.24. The molecule has 0 bridgehead atoms. The van der Waals surface area contributed by atoms with Crippen molar-refractivity contribution in [3.63, 3.8) is 0 Å². The van der Waals surface area contributed by atoms with Crippen LogP contribution < -0.4 is 11.2 Å². The van der Waals surface area contributed by atoms with E-state index < -0.39 is 6.03 Å². The van der Waals surface area contributed by atoms with Crippen molar-refractivity contribution in [1.29, 1.82) is 0 Å². The van der Waals surface area contributed by atoms with Crippen LogP contribution in [0.3, 0.4) is 0 Å². The monoisotopic (exact) mass is 219 g/mol. The molecule has 0 spiro atoms. The molecule has 1 atom stereocenters. The van der Waals surface area contributed by atoms with Gasteiger partial charge in [0.05, 0.1) is 0 Å². The Morgan fingerprint density at radius 3 is 2.62 bits per heavy atom. The minimum atomic E-state index is -0.650. The lowest BCUT2D eigenvalue weighted by Gasteiger charge is -2.23. The molecule has 3 N–H and O–H groups in total. The molecule has 0 fully saturated rings. The number of hydrogen-bond acceptors (Lipinski definition) is 2. The lowest BCUT2D eigenvalue weighted by Crippen LogP contribution is -2.28. The van der Waals surface area contributed by atoms with Crippen LogP contribution in [0.25, 0.3) is 0 Å². The molecule has 1 rings (SSSR count). The van der Waals surface area contributed by atoms with Gasteiger partial charge < -0.3 is 5.73 Å². The molecule has 1 aromatic rings. The number of amides is 2. The lowest BCUT2D eigenvalue weighted by molar-refractivity contribution is 0.249. The zero-order chi connectivity index (χ0) is 12.0. The van der Waals surface area contributed by atoms with Gasteiger partial charge in [0.25, 0.3) is 0 Å². The number of carbonyl (C=O) groups excluding carboxylic acids is 1. The summed E-state index contributed by atoms with van der Waals surface area (Å²) < 4.78 is 0. The fourth-order valence-electron chi connectivity index (χ4n) is 1.43. The molecule has 0 aliphatic heterocycles. The van der Waals surface area contributed by atoms with Gasteiger partial charge in [0.1, 0.15) is 0 Å². The van der Waals surface area contributed by atoms with E-state index in [4.69, 9.17) is 5.73 Å². The van der Waals surface area contributed by atoms with Gasteiger partial charge in [-0.2, -0.15) is 5.10 Å². The van der Waals surface area contributed by atoms with E-state index in [0.29, 0.717) is 0 Å². The Labute approximate surface area is 95.5 Å². The van der Waals surface area contributed by atoms with E-state index in [1.807, 2.05) is 30.3 Å². The van der Waals surface area contributed by atoms with Gasteiger partial charge in [0.15, 0.2) is 0 Å². The molecule has 0 aliphatic carbocycles. The number of hydrogen-bond donors (Lipinski definition) is 2. The summed E-state index contributed by atoms with van der Waals surface area (Å²) >= 11 is 0. The second kappa shape index (κ2) is 5.30. The summed E-state index contributed by atoms with van der Waals surface area (Å²) in [5.74, 6) is 0. The van der Waals surface area contributed by atoms with E-state index in [9.17, 15) is 4.79 Å². The molecule has 2 amide bonds. The standard InChI is InChI=1S/C12H17N3O/c1-3-12(2,9-14-15-11(13)16)10-7-5-4-6-8-10/h4-9H,3H2,1-2H3,(H3,13,15,16)/b14-9-/t12-/m1/s1. The molecule has 86 valence electrons. The number of nitrogens with one attached hydrogen (secondary N) is 1. The van der Waals surface area contributed by atoms with Gasteiger partial charge in [-0.05, 0) is 12.0 Å². The Kier molecular flexibility index (Phi) is 4.05. The van der Waals surface area contributed by atoms with E-state index in [0.717, 1.165) is 12.0 Å². The molecule has 16 heavy (non-hydrogen) atoms. The van der Waals surface area contributed by atoms with E-state index in [2.05, 4.69) is 24.4 Å². The van der Waals surface area contributed by atoms with Crippen LogP contribution in [0.15, 0.2) is 35.4 Å². The second-order valence-electron chi connectivity index (χ2n) is 3.87. The number of primary amides is 1. The number of nitrogens with zero attached hydrogens (tertiary/aromatic N) is 1. The molecule has 0 saturated carbocycles. The van der Waals surface area contributed by atoms with Crippen molar-refractivity contribution in [3.05, 3.63) is 35.9 Å². The first kappa shape index (κ1) is 12.2. The first-order chi connectivity index (χ1) is 7.58. The fraction of sp³-hybridized carbons (Fsp3) is 0.333. The molecular formula is C12H17N3O.